The van der Waals surface area contributed by atoms with Gasteiger partial charge in [-0.3, -0.25) is 14.8 Å². The molecule has 1 N–H and O–H groups in total. The van der Waals surface area contributed by atoms with E-state index in [0.717, 1.165) is 32.9 Å². The molecule has 0 saturated carbocycles. The monoisotopic (exact) mass is 438 g/mol. The van der Waals surface area contributed by atoms with Crippen LogP contribution in [0.5, 0.6) is 0 Å². The van der Waals surface area contributed by atoms with Gasteiger partial charge in [0.2, 0.25) is 0 Å². The Morgan fingerprint density at radius 3 is 2.56 bits per heavy atom. The van der Waals surface area contributed by atoms with Crippen molar-refractivity contribution in [2.75, 3.05) is 5.32 Å². The fourth-order valence-corrected chi connectivity index (χ4v) is 3.96. The van der Waals surface area contributed by atoms with Crippen LogP contribution in [0.2, 0.25) is 5.02 Å². The van der Waals surface area contributed by atoms with Crippen LogP contribution in [0.25, 0.3) is 21.7 Å². The van der Waals surface area contributed by atoms with Crippen molar-refractivity contribution in [1.82, 2.24) is 15.0 Å². The van der Waals surface area contributed by atoms with Crippen molar-refractivity contribution in [3.8, 4) is 0 Å². The van der Waals surface area contributed by atoms with Gasteiger partial charge in [-0.2, -0.15) is 0 Å². The third kappa shape index (κ3) is 4.15. The number of halogens is 1. The molecule has 6 heteroatoms. The van der Waals surface area contributed by atoms with Gasteiger partial charge < -0.3 is 5.32 Å². The first-order valence-corrected chi connectivity index (χ1v) is 10.7. The van der Waals surface area contributed by atoms with Crippen LogP contribution < -0.4 is 5.32 Å². The third-order valence-electron chi connectivity index (χ3n) is 5.40. The predicted molar refractivity (Wildman–Crippen MR) is 129 cm³/mol. The number of nitrogens with zero attached hydrogens (tertiary/aromatic N) is 3. The molecule has 0 spiro atoms. The quantitative estimate of drug-likeness (QED) is 0.246. The normalized spacial score (nSPS) is 11.0. The molecule has 0 atom stereocenters. The maximum absolute atomic E-state index is 12.9. The van der Waals surface area contributed by atoms with Gasteiger partial charge in [0.25, 0.3) is 0 Å². The lowest BCUT2D eigenvalue weighted by Gasteiger charge is -2.12. The van der Waals surface area contributed by atoms with Crippen molar-refractivity contribution in [2.45, 2.75) is 12.8 Å². The number of ketones is 1. The standard InChI is InChI=1S/C26H19ClN4O/c27-19-2-1-3-20(15-19)30-26-22-10-13-29-16-23(22)21-6-5-18(14-24(21)31-26)25(32)7-4-17-8-11-28-12-9-17/h1-3,5-6,8-16H,4,7H2,(H,30,31). The first-order valence-electron chi connectivity index (χ1n) is 10.3. The molecule has 3 heterocycles. The molecule has 0 aliphatic rings. The molecule has 0 saturated heterocycles. The molecular weight excluding hydrogens is 420 g/mol. The van der Waals surface area contributed by atoms with Crippen LogP contribution in [0, 0.1) is 0 Å². The van der Waals surface area contributed by atoms with E-state index in [2.05, 4.69) is 15.3 Å². The molecule has 156 valence electrons. The Morgan fingerprint density at radius 2 is 1.72 bits per heavy atom. The summed E-state index contributed by atoms with van der Waals surface area (Å²) in [6, 6.07) is 19.0. The van der Waals surface area contributed by atoms with Gasteiger partial charge in [-0.1, -0.05) is 29.8 Å². The molecule has 0 unspecified atom stereocenters. The summed E-state index contributed by atoms with van der Waals surface area (Å²) in [5.74, 6) is 0.777. The second-order valence-electron chi connectivity index (χ2n) is 7.53. The van der Waals surface area contributed by atoms with E-state index in [9.17, 15) is 4.79 Å². The zero-order chi connectivity index (χ0) is 21.9. The van der Waals surface area contributed by atoms with E-state index in [1.165, 1.54) is 0 Å². The van der Waals surface area contributed by atoms with Crippen LogP contribution in [-0.2, 0) is 6.42 Å². The number of carbonyl (C=O) groups excluding carboxylic acids is 1. The molecule has 5 aromatic rings. The summed E-state index contributed by atoms with van der Waals surface area (Å²) in [5, 5.41) is 6.88. The molecule has 5 nitrogen and oxygen atoms in total. The first kappa shape index (κ1) is 20.1. The van der Waals surface area contributed by atoms with Crippen LogP contribution in [0.3, 0.4) is 0 Å². The van der Waals surface area contributed by atoms with Crippen LogP contribution in [0.15, 0.2) is 85.5 Å². The fourth-order valence-electron chi connectivity index (χ4n) is 3.77. The zero-order valence-corrected chi connectivity index (χ0v) is 17.9. The number of fused-ring (bicyclic) bond motifs is 3. The Balaban J connectivity index is 1.52. The Labute approximate surface area is 190 Å². The average molecular weight is 439 g/mol. The van der Waals surface area contributed by atoms with E-state index < -0.39 is 0 Å². The number of Topliss-reactive ketones (excluding diaryl/α,β-unsaturated/α-hetero) is 1. The maximum Gasteiger partial charge on any atom is 0.163 e. The minimum absolute atomic E-state index is 0.0844. The minimum Gasteiger partial charge on any atom is -0.340 e. The second-order valence-corrected chi connectivity index (χ2v) is 7.96. The van der Waals surface area contributed by atoms with Gasteiger partial charge in [-0.15, -0.1) is 0 Å². The summed E-state index contributed by atoms with van der Waals surface area (Å²) in [7, 11) is 0. The number of carbonyl (C=O) groups is 1. The van der Waals surface area contributed by atoms with Gasteiger partial charge in [0.1, 0.15) is 5.82 Å². The Kier molecular flexibility index (Phi) is 5.48. The van der Waals surface area contributed by atoms with Crippen LogP contribution in [-0.4, -0.2) is 20.7 Å². The lowest BCUT2D eigenvalue weighted by molar-refractivity contribution is 0.0983. The highest BCUT2D eigenvalue weighted by Gasteiger charge is 2.13. The number of hydrogen-bond acceptors (Lipinski definition) is 5. The van der Waals surface area contributed by atoms with Gasteiger partial charge in [0.15, 0.2) is 5.78 Å². The number of aromatic nitrogens is 3. The third-order valence-corrected chi connectivity index (χ3v) is 5.63. The van der Waals surface area contributed by atoms with Crippen molar-refractivity contribution < 1.29 is 4.79 Å². The maximum atomic E-state index is 12.9. The van der Waals surface area contributed by atoms with Crippen molar-refractivity contribution in [3.63, 3.8) is 0 Å². The highest BCUT2D eigenvalue weighted by molar-refractivity contribution is 6.30. The van der Waals surface area contributed by atoms with Crippen molar-refractivity contribution in [1.29, 1.82) is 0 Å². The van der Waals surface area contributed by atoms with E-state index in [-0.39, 0.29) is 5.78 Å². The smallest absolute Gasteiger partial charge is 0.163 e. The van der Waals surface area contributed by atoms with E-state index >= 15 is 0 Å². The molecule has 3 aromatic heterocycles. The lowest BCUT2D eigenvalue weighted by Crippen LogP contribution is -2.02. The number of benzene rings is 2. The Hall–Kier alpha value is -3.83. The number of anilines is 2. The van der Waals surface area contributed by atoms with Gasteiger partial charge in [-0.25, -0.2) is 4.98 Å². The number of rotatable bonds is 6. The SMILES string of the molecule is O=C(CCc1ccncc1)c1ccc2c(c1)nc(Nc1cccc(Cl)c1)c1ccncc12. The molecule has 5 rings (SSSR count). The number of aryl methyl sites for hydroxylation is 1. The van der Waals surface area contributed by atoms with Crippen LogP contribution >= 0.6 is 11.6 Å². The van der Waals surface area contributed by atoms with Crippen molar-refractivity contribution in [2.24, 2.45) is 0 Å². The highest BCUT2D eigenvalue weighted by Crippen LogP contribution is 2.31. The van der Waals surface area contributed by atoms with Crippen LogP contribution in [0.1, 0.15) is 22.3 Å². The number of nitrogens with one attached hydrogen (secondary N) is 1. The van der Waals surface area contributed by atoms with E-state index in [4.69, 9.17) is 16.6 Å². The van der Waals surface area contributed by atoms with Crippen molar-refractivity contribution >= 4 is 50.6 Å². The summed E-state index contributed by atoms with van der Waals surface area (Å²) in [6.45, 7) is 0. The highest BCUT2D eigenvalue weighted by atomic mass is 35.5. The second kappa shape index (κ2) is 8.73. The molecule has 0 bridgehead atoms. The number of hydrogen-bond donors (Lipinski definition) is 1. The number of pyridine rings is 3. The minimum atomic E-state index is 0.0844. The molecular formula is C26H19ClN4O. The van der Waals surface area contributed by atoms with E-state index in [1.807, 2.05) is 66.9 Å². The molecule has 0 aliphatic carbocycles. The molecule has 2 aromatic carbocycles. The summed E-state index contributed by atoms with van der Waals surface area (Å²) in [6.07, 6.45) is 8.17. The van der Waals surface area contributed by atoms with Crippen molar-refractivity contribution in [3.05, 3.63) is 102 Å². The zero-order valence-electron chi connectivity index (χ0n) is 17.1. The lowest BCUT2D eigenvalue weighted by atomic mass is 10.0. The largest absolute Gasteiger partial charge is 0.340 e. The fraction of sp³-hybridized carbons (Fsp3) is 0.0769. The van der Waals surface area contributed by atoms with E-state index in [1.54, 1.807) is 18.6 Å². The summed E-state index contributed by atoms with van der Waals surface area (Å²) >= 11 is 6.14. The molecule has 0 fully saturated rings. The summed E-state index contributed by atoms with van der Waals surface area (Å²) in [5.41, 5.74) is 3.32. The Bertz CT molecular complexity index is 1440. The van der Waals surface area contributed by atoms with Crippen LogP contribution in [0.4, 0.5) is 11.5 Å². The predicted octanol–water partition coefficient (Wildman–Crippen LogP) is 6.39. The molecule has 0 amide bonds. The van der Waals surface area contributed by atoms with Gasteiger partial charge in [0.05, 0.1) is 5.52 Å². The Morgan fingerprint density at radius 1 is 0.875 bits per heavy atom. The van der Waals surface area contributed by atoms with Gasteiger partial charge in [-0.05, 0) is 54.4 Å². The molecule has 32 heavy (non-hydrogen) atoms. The topological polar surface area (TPSA) is 67.8 Å². The summed E-state index contributed by atoms with van der Waals surface area (Å²) < 4.78 is 0. The van der Waals surface area contributed by atoms with Gasteiger partial charge >= 0.3 is 0 Å². The first-order chi connectivity index (χ1) is 15.7. The molecule has 0 aliphatic heterocycles. The average Bonchev–Trinajstić information content (AvgIpc) is 2.83. The molecule has 0 radical (unpaired) electrons. The van der Waals surface area contributed by atoms with E-state index in [0.29, 0.717) is 29.2 Å². The summed E-state index contributed by atoms with van der Waals surface area (Å²) in [4.78, 5) is 26.0. The van der Waals surface area contributed by atoms with Gasteiger partial charge in [0, 0.05) is 63.6 Å².